The fraction of sp³-hybridized carbons (Fsp3) is 0.286. The van der Waals surface area contributed by atoms with Crippen molar-refractivity contribution < 1.29 is 14.1 Å². The molecule has 0 saturated heterocycles. The van der Waals surface area contributed by atoms with Crippen LogP contribution in [0.25, 0.3) is 0 Å². The van der Waals surface area contributed by atoms with E-state index < -0.39 is 0 Å². The Hall–Kier alpha value is -2.51. The van der Waals surface area contributed by atoms with Gasteiger partial charge in [0, 0.05) is 10.6 Å². The number of carbonyl (C=O) groups excluding carboxylic acids is 1. The second-order valence-electron chi connectivity index (χ2n) is 6.82. The van der Waals surface area contributed by atoms with Crippen molar-refractivity contribution in [3.63, 3.8) is 0 Å². The van der Waals surface area contributed by atoms with Crippen LogP contribution >= 0.6 is 23.4 Å². The first-order valence-electron chi connectivity index (χ1n) is 9.17. The van der Waals surface area contributed by atoms with Gasteiger partial charge >= 0.3 is 0 Å². The number of nitrogens with one attached hydrogen (secondary N) is 1. The Morgan fingerprint density at radius 3 is 2.76 bits per heavy atom. The molecule has 0 radical (unpaired) electrons. The summed E-state index contributed by atoms with van der Waals surface area (Å²) in [7, 11) is 0. The number of halogens is 1. The van der Waals surface area contributed by atoms with Crippen molar-refractivity contribution in [1.82, 2.24) is 10.1 Å². The maximum Gasteiger partial charge on any atom is 0.256 e. The first-order chi connectivity index (χ1) is 13.9. The highest BCUT2D eigenvalue weighted by Gasteiger charge is 2.14. The molecule has 0 aliphatic carbocycles. The van der Waals surface area contributed by atoms with E-state index in [1.54, 1.807) is 31.2 Å². The van der Waals surface area contributed by atoms with Crippen LogP contribution in [-0.2, 0) is 5.75 Å². The minimum absolute atomic E-state index is 0.221. The molecule has 0 aliphatic heterocycles. The number of hydrogen-bond donors (Lipinski definition) is 1. The lowest BCUT2D eigenvalue weighted by Crippen LogP contribution is -2.13. The quantitative estimate of drug-likeness (QED) is 0.467. The van der Waals surface area contributed by atoms with E-state index in [0.29, 0.717) is 52.0 Å². The zero-order chi connectivity index (χ0) is 20.8. The van der Waals surface area contributed by atoms with Crippen LogP contribution < -0.4 is 10.1 Å². The van der Waals surface area contributed by atoms with Crippen molar-refractivity contribution in [2.24, 2.45) is 5.92 Å². The van der Waals surface area contributed by atoms with Crippen LogP contribution in [0.2, 0.25) is 5.02 Å². The Morgan fingerprint density at radius 2 is 2.07 bits per heavy atom. The Morgan fingerprint density at radius 1 is 1.28 bits per heavy atom. The second-order valence-corrected chi connectivity index (χ2v) is 8.25. The predicted octanol–water partition coefficient (Wildman–Crippen LogP) is 5.61. The van der Waals surface area contributed by atoms with Gasteiger partial charge in [0.2, 0.25) is 5.89 Å². The molecule has 3 rings (SSSR count). The van der Waals surface area contributed by atoms with Crippen molar-refractivity contribution in [2.45, 2.75) is 31.4 Å². The number of benzene rings is 2. The van der Waals surface area contributed by atoms with Gasteiger partial charge in [0.25, 0.3) is 5.91 Å². The van der Waals surface area contributed by atoms with E-state index in [0.717, 1.165) is 4.90 Å². The number of amides is 1. The standard InChI is InChI=1S/C21H22ClN3O3S/c1-13(2)11-27-18-9-8-15(10-17(18)22)24-21(26)16-6-4-5-7-19(16)29-12-20-23-14(3)25-28-20/h4-10,13H,11-12H2,1-3H3,(H,24,26). The molecule has 8 heteroatoms. The Labute approximate surface area is 179 Å². The lowest BCUT2D eigenvalue weighted by Gasteiger charge is -2.13. The minimum atomic E-state index is -0.221. The van der Waals surface area contributed by atoms with E-state index in [1.807, 2.05) is 18.2 Å². The largest absolute Gasteiger partial charge is 0.492 e. The van der Waals surface area contributed by atoms with Crippen LogP contribution in [0.4, 0.5) is 5.69 Å². The van der Waals surface area contributed by atoms with E-state index in [1.165, 1.54) is 11.8 Å². The van der Waals surface area contributed by atoms with Gasteiger partial charge in [-0.2, -0.15) is 4.98 Å². The van der Waals surface area contributed by atoms with Gasteiger partial charge in [0.1, 0.15) is 5.75 Å². The summed E-state index contributed by atoms with van der Waals surface area (Å²) in [5.74, 6) is 2.37. The molecule has 29 heavy (non-hydrogen) atoms. The number of carbonyl (C=O) groups is 1. The topological polar surface area (TPSA) is 77.2 Å². The fourth-order valence-corrected chi connectivity index (χ4v) is 3.59. The molecule has 0 saturated carbocycles. The maximum absolute atomic E-state index is 12.8. The third-order valence-corrected chi connectivity index (χ3v) is 5.17. The molecule has 1 aromatic heterocycles. The molecule has 0 unspecified atom stereocenters. The van der Waals surface area contributed by atoms with Gasteiger partial charge in [0.05, 0.1) is 22.9 Å². The van der Waals surface area contributed by atoms with Crippen LogP contribution in [0.1, 0.15) is 35.9 Å². The average molecular weight is 432 g/mol. The molecule has 0 aliphatic rings. The molecule has 3 aromatic rings. The number of aryl methyl sites for hydroxylation is 1. The van der Waals surface area contributed by atoms with Gasteiger partial charge in [-0.15, -0.1) is 11.8 Å². The van der Waals surface area contributed by atoms with Crippen LogP contribution in [0, 0.1) is 12.8 Å². The number of ether oxygens (including phenoxy) is 1. The molecule has 0 fully saturated rings. The van der Waals surface area contributed by atoms with Crippen LogP contribution in [0.15, 0.2) is 51.9 Å². The zero-order valence-corrected chi connectivity index (χ0v) is 18.0. The number of aromatic nitrogens is 2. The highest BCUT2D eigenvalue weighted by atomic mass is 35.5. The summed E-state index contributed by atoms with van der Waals surface area (Å²) in [6.07, 6.45) is 0. The molecule has 1 heterocycles. The summed E-state index contributed by atoms with van der Waals surface area (Å²) in [6, 6.07) is 12.6. The Bertz CT molecular complexity index is 991. The lowest BCUT2D eigenvalue weighted by molar-refractivity contribution is 0.102. The van der Waals surface area contributed by atoms with E-state index in [4.69, 9.17) is 20.9 Å². The molecule has 6 nitrogen and oxygen atoms in total. The summed E-state index contributed by atoms with van der Waals surface area (Å²) in [4.78, 5) is 17.8. The molecular weight excluding hydrogens is 410 g/mol. The lowest BCUT2D eigenvalue weighted by atomic mass is 10.2. The third kappa shape index (κ3) is 5.98. The van der Waals surface area contributed by atoms with E-state index in [2.05, 4.69) is 29.3 Å². The van der Waals surface area contributed by atoms with Gasteiger partial charge in [-0.25, -0.2) is 0 Å². The molecule has 2 aromatic carbocycles. The SMILES string of the molecule is Cc1noc(CSc2ccccc2C(=O)Nc2ccc(OCC(C)C)c(Cl)c2)n1. The van der Waals surface area contributed by atoms with E-state index in [9.17, 15) is 4.79 Å². The minimum Gasteiger partial charge on any atom is -0.492 e. The summed E-state index contributed by atoms with van der Waals surface area (Å²) in [5.41, 5.74) is 1.16. The highest BCUT2D eigenvalue weighted by Crippen LogP contribution is 2.30. The molecular formula is C21H22ClN3O3S. The molecule has 152 valence electrons. The smallest absolute Gasteiger partial charge is 0.256 e. The van der Waals surface area contributed by atoms with Gasteiger partial charge in [-0.3, -0.25) is 4.79 Å². The Balaban J connectivity index is 1.68. The monoisotopic (exact) mass is 431 g/mol. The fourth-order valence-electron chi connectivity index (χ4n) is 2.47. The summed E-state index contributed by atoms with van der Waals surface area (Å²) < 4.78 is 10.8. The molecule has 0 bridgehead atoms. The number of rotatable bonds is 8. The number of hydrogen-bond acceptors (Lipinski definition) is 6. The summed E-state index contributed by atoms with van der Waals surface area (Å²) in [5, 5.41) is 7.13. The maximum atomic E-state index is 12.8. The van der Waals surface area contributed by atoms with Gasteiger partial charge in [-0.05, 0) is 43.2 Å². The number of anilines is 1. The van der Waals surface area contributed by atoms with E-state index >= 15 is 0 Å². The Kier molecular flexibility index (Phi) is 7.17. The zero-order valence-electron chi connectivity index (χ0n) is 16.4. The van der Waals surface area contributed by atoms with Crippen molar-refractivity contribution in [1.29, 1.82) is 0 Å². The van der Waals surface area contributed by atoms with Crippen LogP contribution in [-0.4, -0.2) is 22.7 Å². The first kappa shape index (κ1) is 21.2. The highest BCUT2D eigenvalue weighted by molar-refractivity contribution is 7.98. The van der Waals surface area contributed by atoms with Crippen LogP contribution in [0.3, 0.4) is 0 Å². The van der Waals surface area contributed by atoms with Gasteiger partial charge in [0.15, 0.2) is 5.82 Å². The summed E-state index contributed by atoms with van der Waals surface area (Å²) in [6.45, 7) is 6.48. The molecule has 1 amide bonds. The molecule has 0 spiro atoms. The van der Waals surface area contributed by atoms with Crippen molar-refractivity contribution in [2.75, 3.05) is 11.9 Å². The predicted molar refractivity (Wildman–Crippen MR) is 115 cm³/mol. The normalized spacial score (nSPS) is 10.9. The first-order valence-corrected chi connectivity index (χ1v) is 10.5. The van der Waals surface area contributed by atoms with Crippen molar-refractivity contribution >= 4 is 35.0 Å². The number of thioether (sulfide) groups is 1. The van der Waals surface area contributed by atoms with Crippen LogP contribution in [0.5, 0.6) is 5.75 Å². The molecule has 0 atom stereocenters. The second kappa shape index (κ2) is 9.80. The van der Waals surface area contributed by atoms with Gasteiger partial charge in [-0.1, -0.05) is 42.7 Å². The third-order valence-electron chi connectivity index (χ3n) is 3.81. The summed E-state index contributed by atoms with van der Waals surface area (Å²) >= 11 is 7.75. The average Bonchev–Trinajstić information content (AvgIpc) is 3.11. The van der Waals surface area contributed by atoms with Crippen molar-refractivity contribution in [3.8, 4) is 5.75 Å². The van der Waals surface area contributed by atoms with E-state index in [-0.39, 0.29) is 5.91 Å². The number of nitrogens with zero attached hydrogens (tertiary/aromatic N) is 2. The molecule has 1 N–H and O–H groups in total. The van der Waals surface area contributed by atoms with Gasteiger partial charge < -0.3 is 14.6 Å². The van der Waals surface area contributed by atoms with Crippen molar-refractivity contribution in [3.05, 3.63) is 64.8 Å².